The van der Waals surface area contributed by atoms with E-state index in [2.05, 4.69) is 19.1 Å². The molecule has 0 saturated heterocycles. The molecule has 2 amide bonds. The minimum absolute atomic E-state index is 0.0861. The maximum atomic E-state index is 12.9. The third-order valence-corrected chi connectivity index (χ3v) is 7.77. The summed E-state index contributed by atoms with van der Waals surface area (Å²) < 4.78 is 19.4. The average molecular weight is 565 g/mol. The Labute approximate surface area is 244 Å². The molecule has 9 heteroatoms. The number of methoxy groups -OCH3 is 2. The Balaban J connectivity index is 1.40. The lowest BCUT2D eigenvalue weighted by molar-refractivity contribution is 0.0627. The molecule has 0 saturated carbocycles. The van der Waals surface area contributed by atoms with Crippen LogP contribution >= 0.6 is 0 Å². The highest BCUT2D eigenvalue weighted by Crippen LogP contribution is 2.39. The second-order valence-electron chi connectivity index (χ2n) is 10.6. The van der Waals surface area contributed by atoms with Crippen LogP contribution in [0.3, 0.4) is 0 Å². The van der Waals surface area contributed by atoms with Crippen LogP contribution in [0, 0.1) is 20.8 Å². The van der Waals surface area contributed by atoms with E-state index in [1.165, 1.54) is 10.5 Å². The lowest BCUT2D eigenvalue weighted by Gasteiger charge is -2.26. The van der Waals surface area contributed by atoms with Crippen LogP contribution in [0.15, 0.2) is 59.6 Å². The molecule has 0 aliphatic carbocycles. The van der Waals surface area contributed by atoms with Crippen LogP contribution in [-0.2, 0) is 13.0 Å². The highest BCUT2D eigenvalue weighted by molar-refractivity contribution is 6.21. The third kappa shape index (κ3) is 4.70. The van der Waals surface area contributed by atoms with Gasteiger partial charge in [0, 0.05) is 18.2 Å². The number of ether oxygens (including phenoxy) is 3. The van der Waals surface area contributed by atoms with E-state index >= 15 is 0 Å². The maximum Gasteiger partial charge on any atom is 0.298 e. The fourth-order valence-corrected chi connectivity index (χ4v) is 5.83. The Hall–Kier alpha value is -4.92. The van der Waals surface area contributed by atoms with Gasteiger partial charge in [-0.25, -0.2) is 4.99 Å². The Morgan fingerprint density at radius 1 is 0.857 bits per heavy atom. The first-order valence-corrected chi connectivity index (χ1v) is 13.9. The van der Waals surface area contributed by atoms with E-state index in [1.54, 1.807) is 38.5 Å². The van der Waals surface area contributed by atoms with Crippen molar-refractivity contribution < 1.29 is 23.8 Å². The smallest absolute Gasteiger partial charge is 0.298 e. The van der Waals surface area contributed by atoms with Gasteiger partial charge >= 0.3 is 0 Å². The minimum Gasteiger partial charge on any atom is -0.493 e. The first-order chi connectivity index (χ1) is 20.3. The highest BCUT2D eigenvalue weighted by atomic mass is 16.5. The van der Waals surface area contributed by atoms with Crippen molar-refractivity contribution in [2.45, 2.75) is 33.7 Å². The SMILES string of the molecule is COc1cc2c(cc1OC)-c1cc(=Nc3c(C)cc(C)cc3C)nc(OCCN3C(=O)c4ccccc4C3=O)n1CC2. The topological polar surface area (TPSA) is 95.2 Å². The first-order valence-electron chi connectivity index (χ1n) is 13.9. The molecule has 3 heterocycles. The van der Waals surface area contributed by atoms with Gasteiger partial charge in [0.05, 0.1) is 43.3 Å². The standard InChI is InChI=1S/C33H32N4O5/c1-19-14-20(2)30(21(3)15-19)34-29-18-26-25-17-28(41-5)27(40-4)16-22(25)10-11-36(26)33(35-29)42-13-12-37-31(38)23-8-6-7-9-24(23)32(37)39/h6-9,14-18H,10-13H2,1-5H3. The van der Waals surface area contributed by atoms with Crippen molar-refractivity contribution in [3.8, 4) is 28.8 Å². The number of nitrogens with zero attached hydrogens (tertiary/aromatic N) is 4. The van der Waals surface area contributed by atoms with E-state index < -0.39 is 0 Å². The molecule has 3 aromatic carbocycles. The van der Waals surface area contributed by atoms with E-state index in [0.717, 1.165) is 40.1 Å². The number of carbonyl (C=O) groups excluding carboxylic acids is 2. The van der Waals surface area contributed by atoms with Gasteiger partial charge < -0.3 is 14.2 Å². The van der Waals surface area contributed by atoms with Crippen molar-refractivity contribution in [3.05, 3.63) is 93.5 Å². The lowest BCUT2D eigenvalue weighted by atomic mass is 9.97. The number of hydrogen-bond donors (Lipinski definition) is 0. The van der Waals surface area contributed by atoms with Crippen molar-refractivity contribution in [2.75, 3.05) is 27.4 Å². The van der Waals surface area contributed by atoms with Gasteiger partial charge in [0.1, 0.15) is 6.61 Å². The number of aromatic nitrogens is 2. The van der Waals surface area contributed by atoms with Gasteiger partial charge in [-0.05, 0) is 68.1 Å². The van der Waals surface area contributed by atoms with Gasteiger partial charge in [-0.3, -0.25) is 19.1 Å². The number of fused-ring (bicyclic) bond motifs is 4. The average Bonchev–Trinajstić information content (AvgIpc) is 3.23. The van der Waals surface area contributed by atoms with E-state index in [9.17, 15) is 9.59 Å². The van der Waals surface area contributed by atoms with Crippen molar-refractivity contribution in [2.24, 2.45) is 4.99 Å². The predicted octanol–water partition coefficient (Wildman–Crippen LogP) is 4.96. The lowest BCUT2D eigenvalue weighted by Crippen LogP contribution is -2.34. The molecule has 214 valence electrons. The van der Waals surface area contributed by atoms with Crippen LogP contribution < -0.4 is 19.7 Å². The molecule has 42 heavy (non-hydrogen) atoms. The summed E-state index contributed by atoms with van der Waals surface area (Å²) in [5, 5.41) is 0. The number of imide groups is 1. The third-order valence-electron chi connectivity index (χ3n) is 7.77. The van der Waals surface area contributed by atoms with Crippen LogP contribution in [0.1, 0.15) is 43.0 Å². The molecule has 1 aromatic heterocycles. The summed E-state index contributed by atoms with van der Waals surface area (Å²) in [4.78, 5) is 36.7. The Kier molecular flexibility index (Phi) is 7.02. The first kappa shape index (κ1) is 27.3. The zero-order valence-electron chi connectivity index (χ0n) is 24.4. The Morgan fingerprint density at radius 3 is 2.14 bits per heavy atom. The summed E-state index contributed by atoms with van der Waals surface area (Å²) in [5.41, 5.74) is 8.43. The van der Waals surface area contributed by atoms with E-state index in [0.29, 0.717) is 40.7 Å². The van der Waals surface area contributed by atoms with E-state index in [1.807, 2.05) is 36.6 Å². The van der Waals surface area contributed by atoms with Gasteiger partial charge in [0.2, 0.25) is 0 Å². The zero-order chi connectivity index (χ0) is 29.5. The van der Waals surface area contributed by atoms with Crippen molar-refractivity contribution in [3.63, 3.8) is 0 Å². The normalized spacial score (nSPS) is 14.0. The molecule has 0 unspecified atom stereocenters. The number of aryl methyl sites for hydroxylation is 4. The molecule has 9 nitrogen and oxygen atoms in total. The molecule has 6 rings (SSSR count). The number of amides is 2. The van der Waals surface area contributed by atoms with E-state index in [-0.39, 0.29) is 25.0 Å². The Morgan fingerprint density at radius 2 is 1.50 bits per heavy atom. The molecular formula is C33H32N4O5. The number of hydrogen-bond acceptors (Lipinski definition) is 7. The quantitative estimate of drug-likeness (QED) is 0.295. The predicted molar refractivity (Wildman–Crippen MR) is 158 cm³/mol. The number of benzene rings is 3. The van der Waals surface area contributed by atoms with Gasteiger partial charge in [-0.15, -0.1) is 0 Å². The summed E-state index contributed by atoms with van der Waals surface area (Å²) >= 11 is 0. The monoisotopic (exact) mass is 564 g/mol. The summed E-state index contributed by atoms with van der Waals surface area (Å²) in [6.07, 6.45) is 0.733. The molecule has 0 radical (unpaired) electrons. The van der Waals surface area contributed by atoms with Crippen molar-refractivity contribution in [1.29, 1.82) is 0 Å². The zero-order valence-corrected chi connectivity index (χ0v) is 24.4. The Bertz CT molecular complexity index is 1770. The highest BCUT2D eigenvalue weighted by Gasteiger charge is 2.35. The summed E-state index contributed by atoms with van der Waals surface area (Å²) in [5.74, 6) is 0.669. The summed E-state index contributed by atoms with van der Waals surface area (Å²) in [6, 6.07) is 17.4. The number of rotatable bonds is 7. The second-order valence-corrected chi connectivity index (χ2v) is 10.6. The van der Waals surface area contributed by atoms with Gasteiger partial charge in [-0.1, -0.05) is 29.8 Å². The number of carbonyl (C=O) groups is 2. The van der Waals surface area contributed by atoms with Crippen LogP contribution in [0.4, 0.5) is 5.69 Å². The van der Waals surface area contributed by atoms with Crippen molar-refractivity contribution in [1.82, 2.24) is 14.5 Å². The van der Waals surface area contributed by atoms with E-state index in [4.69, 9.17) is 24.2 Å². The molecule has 0 atom stereocenters. The summed E-state index contributed by atoms with van der Waals surface area (Å²) in [7, 11) is 3.24. The van der Waals surface area contributed by atoms with Gasteiger partial charge in [0.15, 0.2) is 17.0 Å². The molecular weight excluding hydrogens is 532 g/mol. The fourth-order valence-electron chi connectivity index (χ4n) is 5.83. The molecule has 4 aromatic rings. The van der Waals surface area contributed by atoms with Gasteiger partial charge in [-0.2, -0.15) is 4.98 Å². The molecule has 2 aliphatic heterocycles. The maximum absolute atomic E-state index is 12.9. The van der Waals surface area contributed by atoms with Gasteiger partial charge in [0.25, 0.3) is 17.8 Å². The molecule has 0 fully saturated rings. The largest absolute Gasteiger partial charge is 0.493 e. The van der Waals surface area contributed by atoms with Crippen LogP contribution in [0.5, 0.6) is 17.5 Å². The molecule has 0 bridgehead atoms. The van der Waals surface area contributed by atoms with Crippen LogP contribution in [0.25, 0.3) is 11.3 Å². The van der Waals surface area contributed by atoms with Crippen LogP contribution in [-0.4, -0.2) is 53.6 Å². The second kappa shape index (κ2) is 10.8. The minimum atomic E-state index is -0.314. The van der Waals surface area contributed by atoms with Crippen molar-refractivity contribution >= 4 is 17.5 Å². The van der Waals surface area contributed by atoms with Crippen LogP contribution in [0.2, 0.25) is 0 Å². The molecule has 2 aliphatic rings. The molecule has 0 N–H and O–H groups in total. The summed E-state index contributed by atoms with van der Waals surface area (Å²) in [6.45, 7) is 6.95. The fraction of sp³-hybridized carbons (Fsp3) is 0.273. The molecule has 0 spiro atoms.